The average molecular weight is 233 g/mol. The van der Waals surface area contributed by atoms with E-state index in [2.05, 4.69) is 10.3 Å². The average Bonchev–Trinajstić information content (AvgIpc) is 2.59. The number of amides is 1. The van der Waals surface area contributed by atoms with Crippen molar-refractivity contribution < 1.29 is 4.79 Å². The number of hydrogen-bond donors (Lipinski definition) is 1. The molecule has 78 valence electrons. The first kappa shape index (κ1) is 11.5. The van der Waals surface area contributed by atoms with Gasteiger partial charge < -0.3 is 5.32 Å². The summed E-state index contributed by atoms with van der Waals surface area (Å²) in [5, 5.41) is 3.73. The fourth-order valence-electron chi connectivity index (χ4n) is 0.975. The molecule has 0 spiro atoms. The second kappa shape index (κ2) is 5.98. The Balaban J connectivity index is 2.29. The van der Waals surface area contributed by atoms with E-state index in [4.69, 9.17) is 11.6 Å². The maximum Gasteiger partial charge on any atom is 0.263 e. The summed E-state index contributed by atoms with van der Waals surface area (Å²) in [5.74, 6) is 0.611. The number of unbranched alkanes of at least 4 members (excludes halogenated alkanes) is 1. The molecule has 0 aromatic carbocycles. The van der Waals surface area contributed by atoms with Gasteiger partial charge in [0.2, 0.25) is 0 Å². The molecule has 0 fully saturated rings. The third-order valence-corrected chi connectivity index (χ3v) is 2.87. The van der Waals surface area contributed by atoms with Crippen LogP contribution < -0.4 is 5.32 Å². The van der Waals surface area contributed by atoms with Crippen molar-refractivity contribution >= 4 is 28.8 Å². The standard InChI is InChI=1S/C9H13ClN2OS/c1-7-12-6-8(14-7)9(13)11-5-3-2-4-10/h6H,2-5H2,1H3,(H,11,13). The number of carbonyl (C=O) groups excluding carboxylic acids is 1. The van der Waals surface area contributed by atoms with Gasteiger partial charge in [0.1, 0.15) is 4.88 Å². The zero-order chi connectivity index (χ0) is 10.4. The Labute approximate surface area is 92.5 Å². The highest BCUT2D eigenvalue weighted by Crippen LogP contribution is 2.10. The monoisotopic (exact) mass is 232 g/mol. The molecule has 1 N–H and O–H groups in total. The molecule has 0 aliphatic heterocycles. The Bertz CT molecular complexity index is 301. The Hall–Kier alpha value is -0.610. The molecule has 1 aromatic rings. The highest BCUT2D eigenvalue weighted by molar-refractivity contribution is 7.13. The van der Waals surface area contributed by atoms with Gasteiger partial charge in [0, 0.05) is 12.4 Å². The second-order valence-electron chi connectivity index (χ2n) is 2.90. The zero-order valence-corrected chi connectivity index (χ0v) is 9.62. The van der Waals surface area contributed by atoms with Gasteiger partial charge in [-0.25, -0.2) is 4.98 Å². The van der Waals surface area contributed by atoms with Crippen molar-refractivity contribution in [3.8, 4) is 0 Å². The molecule has 3 nitrogen and oxygen atoms in total. The largest absolute Gasteiger partial charge is 0.351 e. The van der Waals surface area contributed by atoms with Crippen LogP contribution in [0.25, 0.3) is 0 Å². The molecule has 0 aliphatic carbocycles. The first-order valence-corrected chi connectivity index (χ1v) is 5.85. The van der Waals surface area contributed by atoms with Crippen LogP contribution in [0.3, 0.4) is 0 Å². The lowest BCUT2D eigenvalue weighted by Crippen LogP contribution is -2.23. The number of nitrogens with zero attached hydrogens (tertiary/aromatic N) is 1. The van der Waals surface area contributed by atoms with Gasteiger partial charge in [-0.05, 0) is 19.8 Å². The number of hydrogen-bond acceptors (Lipinski definition) is 3. The van der Waals surface area contributed by atoms with E-state index < -0.39 is 0 Å². The first-order chi connectivity index (χ1) is 6.74. The van der Waals surface area contributed by atoms with Crippen molar-refractivity contribution in [2.75, 3.05) is 12.4 Å². The number of aromatic nitrogens is 1. The number of alkyl halides is 1. The summed E-state index contributed by atoms with van der Waals surface area (Å²) in [7, 11) is 0. The Kier molecular flexibility index (Phi) is 4.90. The predicted molar refractivity (Wildman–Crippen MR) is 59.1 cm³/mol. The number of thiazole rings is 1. The van der Waals surface area contributed by atoms with Crippen LogP contribution in [-0.4, -0.2) is 23.3 Å². The summed E-state index contributed by atoms with van der Waals surface area (Å²) in [6, 6.07) is 0. The van der Waals surface area contributed by atoms with Gasteiger partial charge in [-0.15, -0.1) is 22.9 Å². The summed E-state index contributed by atoms with van der Waals surface area (Å²) < 4.78 is 0. The molecule has 1 heterocycles. The zero-order valence-electron chi connectivity index (χ0n) is 8.05. The van der Waals surface area contributed by atoms with E-state index >= 15 is 0 Å². The smallest absolute Gasteiger partial charge is 0.263 e. The molecular weight excluding hydrogens is 220 g/mol. The minimum atomic E-state index is -0.0369. The van der Waals surface area contributed by atoms with Gasteiger partial charge in [-0.3, -0.25) is 4.79 Å². The lowest BCUT2D eigenvalue weighted by atomic mass is 10.3. The van der Waals surface area contributed by atoms with Crippen LogP contribution in [0.1, 0.15) is 27.5 Å². The number of nitrogens with one attached hydrogen (secondary N) is 1. The number of rotatable bonds is 5. The SMILES string of the molecule is Cc1ncc(C(=O)NCCCCCl)s1. The van der Waals surface area contributed by atoms with E-state index in [0.717, 1.165) is 17.8 Å². The van der Waals surface area contributed by atoms with Crippen molar-refractivity contribution in [3.05, 3.63) is 16.1 Å². The molecule has 14 heavy (non-hydrogen) atoms. The molecule has 0 unspecified atom stereocenters. The van der Waals surface area contributed by atoms with Crippen LogP contribution in [-0.2, 0) is 0 Å². The van der Waals surface area contributed by atoms with Gasteiger partial charge >= 0.3 is 0 Å². The van der Waals surface area contributed by atoms with Crippen molar-refractivity contribution in [2.45, 2.75) is 19.8 Å². The van der Waals surface area contributed by atoms with Crippen LogP contribution in [0.5, 0.6) is 0 Å². The van der Waals surface area contributed by atoms with Crippen molar-refractivity contribution in [1.82, 2.24) is 10.3 Å². The topological polar surface area (TPSA) is 42.0 Å². The molecule has 0 saturated heterocycles. The van der Waals surface area contributed by atoms with Crippen molar-refractivity contribution in [1.29, 1.82) is 0 Å². The van der Waals surface area contributed by atoms with Crippen LogP contribution in [0, 0.1) is 6.92 Å². The van der Waals surface area contributed by atoms with Crippen molar-refractivity contribution in [3.63, 3.8) is 0 Å². The summed E-state index contributed by atoms with van der Waals surface area (Å²) in [4.78, 5) is 16.1. The number of halogens is 1. The molecule has 5 heteroatoms. The highest BCUT2D eigenvalue weighted by atomic mass is 35.5. The highest BCUT2D eigenvalue weighted by Gasteiger charge is 2.07. The van der Waals surface area contributed by atoms with E-state index in [0.29, 0.717) is 17.3 Å². The number of carbonyl (C=O) groups is 1. The van der Waals surface area contributed by atoms with Crippen LogP contribution in [0.4, 0.5) is 0 Å². The predicted octanol–water partition coefficient (Wildman–Crippen LogP) is 2.20. The molecule has 1 rings (SSSR count). The molecule has 0 atom stereocenters. The fraction of sp³-hybridized carbons (Fsp3) is 0.556. The van der Waals surface area contributed by atoms with Crippen LogP contribution >= 0.6 is 22.9 Å². The molecule has 0 bridgehead atoms. The van der Waals surface area contributed by atoms with E-state index in [1.165, 1.54) is 11.3 Å². The number of aryl methyl sites for hydroxylation is 1. The Morgan fingerprint density at radius 3 is 3.00 bits per heavy atom. The Morgan fingerprint density at radius 1 is 1.64 bits per heavy atom. The Morgan fingerprint density at radius 2 is 2.43 bits per heavy atom. The normalized spacial score (nSPS) is 10.1. The van der Waals surface area contributed by atoms with Crippen molar-refractivity contribution in [2.24, 2.45) is 0 Å². The van der Waals surface area contributed by atoms with E-state index in [1.807, 2.05) is 6.92 Å². The van der Waals surface area contributed by atoms with Gasteiger partial charge in [0.25, 0.3) is 5.91 Å². The molecule has 0 aliphatic rings. The fourth-order valence-corrected chi connectivity index (χ4v) is 1.86. The van der Waals surface area contributed by atoms with Gasteiger partial charge in [0.05, 0.1) is 11.2 Å². The summed E-state index contributed by atoms with van der Waals surface area (Å²) in [6.45, 7) is 2.57. The molecule has 1 aromatic heterocycles. The first-order valence-electron chi connectivity index (χ1n) is 4.50. The maximum absolute atomic E-state index is 11.4. The van der Waals surface area contributed by atoms with Crippen LogP contribution in [0.2, 0.25) is 0 Å². The maximum atomic E-state index is 11.4. The second-order valence-corrected chi connectivity index (χ2v) is 4.51. The summed E-state index contributed by atoms with van der Waals surface area (Å²) >= 11 is 6.93. The third kappa shape index (κ3) is 3.64. The van der Waals surface area contributed by atoms with E-state index in [1.54, 1.807) is 6.20 Å². The van der Waals surface area contributed by atoms with Gasteiger partial charge in [-0.1, -0.05) is 0 Å². The molecule has 1 amide bonds. The minimum Gasteiger partial charge on any atom is -0.351 e. The van der Waals surface area contributed by atoms with E-state index in [-0.39, 0.29) is 5.91 Å². The van der Waals surface area contributed by atoms with Gasteiger partial charge in [0.15, 0.2) is 0 Å². The van der Waals surface area contributed by atoms with Gasteiger partial charge in [-0.2, -0.15) is 0 Å². The lowest BCUT2D eigenvalue weighted by molar-refractivity contribution is 0.0957. The lowest BCUT2D eigenvalue weighted by Gasteiger charge is -2.00. The van der Waals surface area contributed by atoms with Crippen LogP contribution in [0.15, 0.2) is 6.20 Å². The molecule has 0 saturated carbocycles. The third-order valence-electron chi connectivity index (χ3n) is 1.69. The molecular formula is C9H13ClN2OS. The minimum absolute atomic E-state index is 0.0369. The van der Waals surface area contributed by atoms with E-state index in [9.17, 15) is 4.79 Å². The quantitative estimate of drug-likeness (QED) is 0.625. The summed E-state index contributed by atoms with van der Waals surface area (Å²) in [5.41, 5.74) is 0. The summed E-state index contributed by atoms with van der Waals surface area (Å²) in [6.07, 6.45) is 3.47. The molecule has 0 radical (unpaired) electrons.